The van der Waals surface area contributed by atoms with E-state index in [2.05, 4.69) is 18.2 Å². The zero-order chi connectivity index (χ0) is 22.8. The van der Waals surface area contributed by atoms with Crippen LogP contribution in [-0.4, -0.2) is 30.1 Å². The Hall–Kier alpha value is -2.74. The molecule has 31 heavy (non-hydrogen) atoms. The van der Waals surface area contributed by atoms with Crippen LogP contribution in [-0.2, 0) is 22.1 Å². The number of hydrogen-bond donors (Lipinski definition) is 0. The molecule has 1 unspecified atom stereocenters. The van der Waals surface area contributed by atoms with Crippen molar-refractivity contribution < 1.29 is 27.1 Å². The first-order valence-corrected chi connectivity index (χ1v) is 11.9. The number of hydrogen-bond acceptors (Lipinski definition) is 4. The predicted octanol–water partition coefficient (Wildman–Crippen LogP) is 6.26. The average molecular weight is 452 g/mol. The zero-order valence-electron chi connectivity index (χ0n) is 17.7. The lowest BCUT2D eigenvalue weighted by atomic mass is 10.1. The average Bonchev–Trinajstić information content (AvgIpc) is 3.15. The van der Waals surface area contributed by atoms with E-state index in [0.717, 1.165) is 33.4 Å². The van der Waals surface area contributed by atoms with E-state index in [-0.39, 0.29) is 12.4 Å². The minimum atomic E-state index is -4.39. The Balaban J connectivity index is 1.98. The van der Waals surface area contributed by atoms with Crippen LogP contribution in [0.15, 0.2) is 62.9 Å². The van der Waals surface area contributed by atoms with Gasteiger partial charge >= 0.3 is 12.1 Å². The van der Waals surface area contributed by atoms with Crippen LogP contribution in [0, 0.1) is 6.92 Å². The second-order valence-corrected chi connectivity index (χ2v) is 10.8. The first kappa shape index (κ1) is 22.9. The molecule has 0 bridgehead atoms. The molecule has 0 fully saturated rings. The number of methoxy groups -OCH3 is 1. The van der Waals surface area contributed by atoms with Gasteiger partial charge in [0.2, 0.25) is 5.89 Å². The van der Waals surface area contributed by atoms with Gasteiger partial charge in [-0.15, -0.1) is 0 Å². The predicted molar refractivity (Wildman–Crippen MR) is 114 cm³/mol. The van der Waals surface area contributed by atoms with E-state index in [9.17, 15) is 18.0 Å². The minimum absolute atomic E-state index is 0.176. The molecule has 0 spiro atoms. The molecule has 0 saturated heterocycles. The fraction of sp³-hybridized carbons (Fsp3) is 0.304. The van der Waals surface area contributed by atoms with Gasteiger partial charge in [-0.3, -0.25) is 4.79 Å². The Morgan fingerprint density at radius 3 is 2.42 bits per heavy atom. The van der Waals surface area contributed by atoms with Crippen LogP contribution in [0.2, 0.25) is 0 Å². The fourth-order valence-corrected chi connectivity index (χ4v) is 5.87. The van der Waals surface area contributed by atoms with Crippen molar-refractivity contribution in [3.8, 4) is 11.5 Å². The molecule has 8 heteroatoms. The normalized spacial score (nSPS) is 14.7. The van der Waals surface area contributed by atoms with Crippen molar-refractivity contribution in [1.82, 2.24) is 4.98 Å². The van der Waals surface area contributed by atoms with Crippen LogP contribution >= 0.6 is 10.0 Å². The van der Waals surface area contributed by atoms with Crippen LogP contribution in [0.5, 0.6) is 0 Å². The third-order valence-electron chi connectivity index (χ3n) is 5.19. The number of esters is 1. The second-order valence-electron chi connectivity index (χ2n) is 7.24. The molecule has 0 amide bonds. The summed E-state index contributed by atoms with van der Waals surface area (Å²) in [4.78, 5) is 17.2. The number of nitrogens with zero attached hydrogens (tertiary/aromatic N) is 1. The number of alkyl halides is 3. The van der Waals surface area contributed by atoms with Gasteiger partial charge in [-0.1, -0.05) is 19.1 Å². The molecule has 2 aromatic carbocycles. The lowest BCUT2D eigenvalue weighted by Gasteiger charge is -2.33. The van der Waals surface area contributed by atoms with E-state index < -0.39 is 21.8 Å². The summed E-state index contributed by atoms with van der Waals surface area (Å²) in [5.74, 6) is 0.752. The summed E-state index contributed by atoms with van der Waals surface area (Å²) in [5.41, 5.74) is 1.31. The number of aryl methyl sites for hydroxylation is 1. The Bertz CT molecular complexity index is 1080. The van der Waals surface area contributed by atoms with Gasteiger partial charge in [0, 0.05) is 5.56 Å². The van der Waals surface area contributed by atoms with Crippen molar-refractivity contribution in [1.29, 1.82) is 0 Å². The number of aromatic nitrogens is 1. The minimum Gasteiger partial charge on any atom is -0.469 e. The Morgan fingerprint density at radius 1 is 1.16 bits per heavy atom. The molecule has 0 aliphatic rings. The maximum Gasteiger partial charge on any atom is 0.416 e. The standard InChI is InChI=1S/C23H24F3NO3S/c1-5-31(4,19-8-6-7-16(13-19)14-20(28)29-3)22-15(2)27-21(30-22)17-9-11-18(12-10-17)23(24,25)26/h6-13H,5,14H2,1-4H3. The number of halogens is 3. The molecule has 0 aliphatic carbocycles. The molecular weight excluding hydrogens is 427 g/mol. The van der Waals surface area contributed by atoms with Crippen LogP contribution in [0.4, 0.5) is 13.2 Å². The summed E-state index contributed by atoms with van der Waals surface area (Å²) in [6.45, 7) is 3.90. The van der Waals surface area contributed by atoms with Crippen molar-refractivity contribution >= 4 is 16.0 Å². The first-order chi connectivity index (χ1) is 14.6. The molecule has 1 aromatic heterocycles. The largest absolute Gasteiger partial charge is 0.469 e. The third-order valence-corrected chi connectivity index (χ3v) is 8.84. The van der Waals surface area contributed by atoms with Gasteiger partial charge in [0.05, 0.1) is 24.8 Å². The summed E-state index contributed by atoms with van der Waals surface area (Å²) >= 11 is 0. The van der Waals surface area contributed by atoms with Crippen LogP contribution < -0.4 is 0 Å². The van der Waals surface area contributed by atoms with Gasteiger partial charge in [0.25, 0.3) is 0 Å². The molecule has 0 N–H and O–H groups in total. The highest BCUT2D eigenvalue weighted by molar-refractivity contribution is 8.33. The lowest BCUT2D eigenvalue weighted by molar-refractivity contribution is -0.140. The first-order valence-electron chi connectivity index (χ1n) is 9.65. The summed E-state index contributed by atoms with van der Waals surface area (Å²) < 4.78 is 49.4. The van der Waals surface area contributed by atoms with Gasteiger partial charge in [-0.2, -0.15) is 23.2 Å². The quantitative estimate of drug-likeness (QED) is 0.415. The second kappa shape index (κ2) is 8.78. The van der Waals surface area contributed by atoms with E-state index in [1.807, 2.05) is 31.2 Å². The van der Waals surface area contributed by atoms with Crippen molar-refractivity contribution in [3.63, 3.8) is 0 Å². The number of carbonyl (C=O) groups is 1. The van der Waals surface area contributed by atoms with E-state index in [0.29, 0.717) is 17.1 Å². The van der Waals surface area contributed by atoms with Crippen molar-refractivity contribution in [2.75, 3.05) is 19.1 Å². The molecule has 0 radical (unpaired) electrons. The molecular formula is C23H24F3NO3S. The Morgan fingerprint density at radius 2 is 1.84 bits per heavy atom. The van der Waals surface area contributed by atoms with Gasteiger partial charge in [0.15, 0.2) is 5.09 Å². The zero-order valence-corrected chi connectivity index (χ0v) is 18.6. The van der Waals surface area contributed by atoms with Crippen LogP contribution in [0.3, 0.4) is 0 Å². The molecule has 1 atom stereocenters. The molecule has 3 aromatic rings. The van der Waals surface area contributed by atoms with Crippen molar-refractivity contribution in [2.45, 2.75) is 36.4 Å². The molecule has 0 aliphatic heterocycles. The monoisotopic (exact) mass is 451 g/mol. The SMILES string of the molecule is CCS(C)(c1cccc(CC(=O)OC)c1)c1oc(-c2ccc(C(F)(F)F)cc2)nc1C. The van der Waals surface area contributed by atoms with E-state index in [1.54, 1.807) is 0 Å². The highest BCUT2D eigenvalue weighted by Crippen LogP contribution is 2.61. The van der Waals surface area contributed by atoms with Gasteiger partial charge in [-0.05, 0) is 65.8 Å². The number of ether oxygens (including phenoxy) is 1. The van der Waals surface area contributed by atoms with Crippen LogP contribution in [0.1, 0.15) is 23.7 Å². The number of oxazole rings is 1. The van der Waals surface area contributed by atoms with Gasteiger partial charge in [0.1, 0.15) is 0 Å². The number of benzene rings is 2. The van der Waals surface area contributed by atoms with E-state index in [1.165, 1.54) is 19.2 Å². The summed E-state index contributed by atoms with van der Waals surface area (Å²) in [5, 5.41) is 0.722. The number of carbonyl (C=O) groups excluding carboxylic acids is 1. The van der Waals surface area contributed by atoms with Crippen molar-refractivity contribution in [3.05, 3.63) is 65.4 Å². The highest BCUT2D eigenvalue weighted by atomic mass is 32.3. The fourth-order valence-electron chi connectivity index (χ4n) is 3.30. The van der Waals surface area contributed by atoms with Gasteiger partial charge < -0.3 is 9.15 Å². The van der Waals surface area contributed by atoms with E-state index in [4.69, 9.17) is 9.15 Å². The lowest BCUT2D eigenvalue weighted by Crippen LogP contribution is -2.07. The topological polar surface area (TPSA) is 52.3 Å². The number of rotatable bonds is 6. The van der Waals surface area contributed by atoms with Crippen LogP contribution in [0.25, 0.3) is 11.5 Å². The summed E-state index contributed by atoms with van der Waals surface area (Å²) in [6.07, 6.45) is -2.11. The van der Waals surface area contributed by atoms with Gasteiger partial charge in [-0.25, -0.2) is 4.98 Å². The maximum absolute atomic E-state index is 12.8. The molecule has 4 nitrogen and oxygen atoms in total. The molecule has 166 valence electrons. The molecule has 1 heterocycles. The Labute approximate surface area is 180 Å². The maximum atomic E-state index is 12.8. The highest BCUT2D eigenvalue weighted by Gasteiger charge is 2.31. The summed E-state index contributed by atoms with van der Waals surface area (Å²) in [6, 6.07) is 12.5. The molecule has 3 rings (SSSR count). The third kappa shape index (κ3) is 4.79. The van der Waals surface area contributed by atoms with E-state index >= 15 is 0 Å². The Kier molecular flexibility index (Phi) is 6.50. The molecule has 0 saturated carbocycles. The smallest absolute Gasteiger partial charge is 0.416 e. The van der Waals surface area contributed by atoms with Crippen molar-refractivity contribution in [2.24, 2.45) is 0 Å². The summed E-state index contributed by atoms with van der Waals surface area (Å²) in [7, 11) is -0.254.